The van der Waals surface area contributed by atoms with E-state index in [0.717, 1.165) is 5.56 Å². The van der Waals surface area contributed by atoms with Crippen LogP contribution in [0.1, 0.15) is 19.4 Å². The molecule has 0 heterocycles. The smallest absolute Gasteiger partial charge is 0.313 e. The molecular formula is C11H15NO2. The third kappa shape index (κ3) is 2.57. The number of carbonyl (C=O) groups excluding carboxylic acids is 1. The highest BCUT2D eigenvalue weighted by Crippen LogP contribution is 2.18. The number of hydrogen-bond donors (Lipinski definition) is 1. The molecule has 0 spiro atoms. The fourth-order valence-electron chi connectivity index (χ4n) is 0.998. The minimum absolute atomic E-state index is 0.124. The van der Waals surface area contributed by atoms with E-state index in [0.29, 0.717) is 12.3 Å². The van der Waals surface area contributed by atoms with Crippen LogP contribution in [0.15, 0.2) is 24.3 Å². The third-order valence-electron chi connectivity index (χ3n) is 1.87. The third-order valence-corrected chi connectivity index (χ3v) is 1.87. The summed E-state index contributed by atoms with van der Waals surface area (Å²) < 4.78 is 5.18. The van der Waals surface area contributed by atoms with Crippen LogP contribution in [0.4, 0.5) is 0 Å². The van der Waals surface area contributed by atoms with Crippen molar-refractivity contribution in [2.75, 3.05) is 0 Å². The number of carbonyl (C=O) groups is 1. The van der Waals surface area contributed by atoms with E-state index >= 15 is 0 Å². The molecule has 1 aromatic rings. The molecule has 76 valence electrons. The Morgan fingerprint density at radius 3 is 2.64 bits per heavy atom. The molecule has 0 saturated carbocycles. The summed E-state index contributed by atoms with van der Waals surface area (Å²) in [6.07, 6.45) is 0. The second-order valence-corrected chi connectivity index (χ2v) is 3.39. The van der Waals surface area contributed by atoms with E-state index in [1.807, 2.05) is 18.2 Å². The molecule has 0 bridgehead atoms. The van der Waals surface area contributed by atoms with Crippen LogP contribution in [0.2, 0.25) is 0 Å². The van der Waals surface area contributed by atoms with Crippen molar-refractivity contribution in [1.82, 2.24) is 0 Å². The Hall–Kier alpha value is -1.35. The van der Waals surface area contributed by atoms with Crippen molar-refractivity contribution < 1.29 is 9.53 Å². The van der Waals surface area contributed by atoms with Gasteiger partial charge in [-0.1, -0.05) is 32.0 Å². The second kappa shape index (κ2) is 4.77. The van der Waals surface area contributed by atoms with E-state index in [4.69, 9.17) is 10.5 Å². The molecule has 0 radical (unpaired) electrons. The van der Waals surface area contributed by atoms with Crippen molar-refractivity contribution in [3.8, 4) is 5.75 Å². The van der Waals surface area contributed by atoms with Gasteiger partial charge in [0.1, 0.15) is 5.75 Å². The van der Waals surface area contributed by atoms with Crippen LogP contribution < -0.4 is 10.5 Å². The van der Waals surface area contributed by atoms with E-state index in [-0.39, 0.29) is 11.9 Å². The fraction of sp³-hybridized carbons (Fsp3) is 0.364. The van der Waals surface area contributed by atoms with Gasteiger partial charge < -0.3 is 10.5 Å². The maximum absolute atomic E-state index is 11.3. The van der Waals surface area contributed by atoms with Gasteiger partial charge in [0.15, 0.2) is 0 Å². The summed E-state index contributed by atoms with van der Waals surface area (Å²) in [5.74, 6) is 0.209. The average Bonchev–Trinajstić information content (AvgIpc) is 2.18. The highest BCUT2D eigenvalue weighted by Gasteiger charge is 2.11. The van der Waals surface area contributed by atoms with Crippen LogP contribution in [-0.2, 0) is 11.3 Å². The first-order valence-electron chi connectivity index (χ1n) is 4.64. The summed E-state index contributed by atoms with van der Waals surface area (Å²) in [5, 5.41) is 0. The lowest BCUT2D eigenvalue weighted by molar-refractivity contribution is -0.137. The number of benzene rings is 1. The first kappa shape index (κ1) is 10.7. The van der Waals surface area contributed by atoms with Gasteiger partial charge in [0.25, 0.3) is 0 Å². The first-order valence-corrected chi connectivity index (χ1v) is 4.64. The van der Waals surface area contributed by atoms with E-state index in [1.165, 1.54) is 0 Å². The number of esters is 1. The minimum Gasteiger partial charge on any atom is -0.426 e. The van der Waals surface area contributed by atoms with E-state index in [1.54, 1.807) is 19.9 Å². The standard InChI is InChI=1S/C11H15NO2/c1-8(2)11(13)14-10-6-4-3-5-9(10)7-12/h3-6,8H,7,12H2,1-2H3. The van der Waals surface area contributed by atoms with E-state index in [9.17, 15) is 4.79 Å². The normalized spacial score (nSPS) is 10.3. The molecule has 2 N–H and O–H groups in total. The molecule has 0 aliphatic carbocycles. The Bertz CT molecular complexity index is 321. The van der Waals surface area contributed by atoms with Crippen LogP contribution >= 0.6 is 0 Å². The number of ether oxygens (including phenoxy) is 1. The number of nitrogens with two attached hydrogens (primary N) is 1. The van der Waals surface area contributed by atoms with Crippen molar-refractivity contribution in [3.63, 3.8) is 0 Å². The van der Waals surface area contributed by atoms with Gasteiger partial charge in [-0.05, 0) is 6.07 Å². The van der Waals surface area contributed by atoms with Crippen molar-refractivity contribution in [3.05, 3.63) is 29.8 Å². The van der Waals surface area contributed by atoms with Crippen LogP contribution in [-0.4, -0.2) is 5.97 Å². The maximum Gasteiger partial charge on any atom is 0.313 e. The van der Waals surface area contributed by atoms with Gasteiger partial charge in [0.2, 0.25) is 0 Å². The van der Waals surface area contributed by atoms with Crippen molar-refractivity contribution in [1.29, 1.82) is 0 Å². The predicted molar refractivity (Wildman–Crippen MR) is 54.8 cm³/mol. The largest absolute Gasteiger partial charge is 0.426 e. The topological polar surface area (TPSA) is 52.3 Å². The SMILES string of the molecule is CC(C)C(=O)Oc1ccccc1CN. The maximum atomic E-state index is 11.3. The Morgan fingerprint density at radius 1 is 1.43 bits per heavy atom. The van der Waals surface area contributed by atoms with Crippen molar-refractivity contribution in [2.24, 2.45) is 11.7 Å². The summed E-state index contributed by atoms with van der Waals surface area (Å²) in [6.45, 7) is 3.97. The Balaban J connectivity index is 2.80. The summed E-state index contributed by atoms with van der Waals surface area (Å²) in [7, 11) is 0. The summed E-state index contributed by atoms with van der Waals surface area (Å²) in [5.41, 5.74) is 6.36. The highest BCUT2D eigenvalue weighted by atomic mass is 16.5. The second-order valence-electron chi connectivity index (χ2n) is 3.39. The molecule has 3 heteroatoms. The van der Waals surface area contributed by atoms with Gasteiger partial charge in [0, 0.05) is 12.1 Å². The number of hydrogen-bond acceptors (Lipinski definition) is 3. The molecule has 0 fully saturated rings. The zero-order valence-corrected chi connectivity index (χ0v) is 8.49. The Labute approximate surface area is 83.9 Å². The molecule has 0 unspecified atom stereocenters. The fourth-order valence-corrected chi connectivity index (χ4v) is 0.998. The zero-order chi connectivity index (χ0) is 10.6. The molecule has 1 rings (SSSR count). The lowest BCUT2D eigenvalue weighted by Gasteiger charge is -2.09. The highest BCUT2D eigenvalue weighted by molar-refractivity contribution is 5.74. The molecule has 3 nitrogen and oxygen atoms in total. The lowest BCUT2D eigenvalue weighted by atomic mass is 10.2. The molecule has 0 aromatic heterocycles. The summed E-state index contributed by atoms with van der Waals surface area (Å²) in [6, 6.07) is 7.29. The summed E-state index contributed by atoms with van der Waals surface area (Å²) >= 11 is 0. The van der Waals surface area contributed by atoms with Crippen molar-refractivity contribution in [2.45, 2.75) is 20.4 Å². The Kier molecular flexibility index (Phi) is 3.65. The van der Waals surface area contributed by atoms with Gasteiger partial charge in [-0.25, -0.2) is 0 Å². The van der Waals surface area contributed by atoms with Gasteiger partial charge in [-0.3, -0.25) is 4.79 Å². The number of rotatable bonds is 3. The quantitative estimate of drug-likeness (QED) is 0.587. The number of para-hydroxylation sites is 1. The lowest BCUT2D eigenvalue weighted by Crippen LogP contribution is -2.16. The average molecular weight is 193 g/mol. The molecule has 0 aliphatic rings. The molecule has 0 aliphatic heterocycles. The van der Waals surface area contributed by atoms with Crippen LogP contribution in [0.3, 0.4) is 0 Å². The molecule has 14 heavy (non-hydrogen) atoms. The Morgan fingerprint density at radius 2 is 2.07 bits per heavy atom. The van der Waals surface area contributed by atoms with Gasteiger partial charge in [-0.15, -0.1) is 0 Å². The first-order chi connectivity index (χ1) is 6.65. The van der Waals surface area contributed by atoms with Gasteiger partial charge >= 0.3 is 5.97 Å². The van der Waals surface area contributed by atoms with E-state index in [2.05, 4.69) is 0 Å². The zero-order valence-electron chi connectivity index (χ0n) is 8.49. The van der Waals surface area contributed by atoms with Crippen molar-refractivity contribution >= 4 is 5.97 Å². The molecule has 0 amide bonds. The molecule has 0 atom stereocenters. The summed E-state index contributed by atoms with van der Waals surface area (Å²) in [4.78, 5) is 11.3. The minimum atomic E-state index is -0.231. The monoisotopic (exact) mass is 193 g/mol. The van der Waals surface area contributed by atoms with E-state index < -0.39 is 0 Å². The van der Waals surface area contributed by atoms with Gasteiger partial charge in [-0.2, -0.15) is 0 Å². The van der Waals surface area contributed by atoms with Crippen LogP contribution in [0.5, 0.6) is 5.75 Å². The van der Waals surface area contributed by atoms with Crippen LogP contribution in [0.25, 0.3) is 0 Å². The molecule has 1 aromatic carbocycles. The molecule has 0 saturated heterocycles. The molecular weight excluding hydrogens is 178 g/mol. The predicted octanol–water partition coefficient (Wildman–Crippen LogP) is 1.71. The van der Waals surface area contributed by atoms with Crippen LogP contribution in [0, 0.1) is 5.92 Å². The van der Waals surface area contributed by atoms with Gasteiger partial charge in [0.05, 0.1) is 5.92 Å².